The third-order valence-electron chi connectivity index (χ3n) is 4.98. The molecular weight excluding hydrogens is 322 g/mol. The summed E-state index contributed by atoms with van der Waals surface area (Å²) in [5, 5.41) is 20.2. The first-order chi connectivity index (χ1) is 11.8. The van der Waals surface area contributed by atoms with Gasteiger partial charge in [-0.1, -0.05) is 19.9 Å². The number of nitrogens with zero attached hydrogens (tertiary/aromatic N) is 1. The summed E-state index contributed by atoms with van der Waals surface area (Å²) in [5.41, 5.74) is -0.851. The molecule has 0 unspecified atom stereocenters. The quantitative estimate of drug-likeness (QED) is 0.823. The van der Waals surface area contributed by atoms with Gasteiger partial charge in [0.25, 0.3) is 5.91 Å². The highest BCUT2D eigenvalue weighted by molar-refractivity contribution is 5.95. The first-order valence-corrected chi connectivity index (χ1v) is 8.65. The first-order valence-electron chi connectivity index (χ1n) is 8.65. The summed E-state index contributed by atoms with van der Waals surface area (Å²) in [5.74, 6) is -0.371. The van der Waals surface area contributed by atoms with Crippen molar-refractivity contribution in [2.24, 2.45) is 11.3 Å². The fraction of sp³-hybridized carbons (Fsp3) is 0.579. The molecule has 0 radical (unpaired) electrons. The van der Waals surface area contributed by atoms with Gasteiger partial charge in [-0.15, -0.1) is 0 Å². The Morgan fingerprint density at radius 3 is 2.72 bits per heavy atom. The van der Waals surface area contributed by atoms with Crippen molar-refractivity contribution in [1.29, 1.82) is 0 Å². The highest BCUT2D eigenvalue weighted by atomic mass is 16.5. The van der Waals surface area contributed by atoms with Crippen molar-refractivity contribution in [2.75, 3.05) is 20.2 Å². The van der Waals surface area contributed by atoms with Gasteiger partial charge in [0, 0.05) is 18.7 Å². The number of likely N-dealkylation sites (tertiary alicyclic amines) is 1. The van der Waals surface area contributed by atoms with Crippen LogP contribution in [0.5, 0.6) is 5.75 Å². The number of hydrogen-bond acceptors (Lipinski definition) is 4. The fourth-order valence-electron chi connectivity index (χ4n) is 3.30. The molecule has 0 saturated carbocycles. The van der Waals surface area contributed by atoms with Gasteiger partial charge in [0.1, 0.15) is 11.2 Å². The fourth-order valence-corrected chi connectivity index (χ4v) is 3.30. The summed E-state index contributed by atoms with van der Waals surface area (Å²) in [6, 6.07) is 6.81. The smallest absolute Gasteiger partial charge is 0.314 e. The normalized spacial score (nSPS) is 23.6. The predicted octanol–water partition coefficient (Wildman–Crippen LogP) is 2.41. The zero-order valence-corrected chi connectivity index (χ0v) is 15.1. The van der Waals surface area contributed by atoms with Crippen LogP contribution in [-0.2, 0) is 4.79 Å². The molecule has 1 aromatic carbocycles. The summed E-state index contributed by atoms with van der Waals surface area (Å²) in [7, 11) is 1.53. The molecule has 2 rings (SSSR count). The van der Waals surface area contributed by atoms with Gasteiger partial charge in [0.2, 0.25) is 0 Å². The maximum absolute atomic E-state index is 12.8. The van der Waals surface area contributed by atoms with Gasteiger partial charge in [-0.05, 0) is 43.4 Å². The zero-order chi connectivity index (χ0) is 18.6. The topological polar surface area (TPSA) is 87.1 Å². The highest BCUT2D eigenvalue weighted by Gasteiger charge is 2.49. The molecule has 0 spiro atoms. The Bertz CT molecular complexity index is 630. The van der Waals surface area contributed by atoms with Crippen molar-refractivity contribution >= 4 is 11.9 Å². The Hall–Kier alpha value is -2.08. The van der Waals surface area contributed by atoms with Crippen LogP contribution >= 0.6 is 0 Å². The second kappa shape index (κ2) is 7.87. The SMILES string of the molecule is COc1cccc(C(=O)N2CC[C@@H](O)[C@](CCC(C)C)(C(=O)O)C2)c1. The maximum Gasteiger partial charge on any atom is 0.314 e. The maximum atomic E-state index is 12.8. The van der Waals surface area contributed by atoms with Crippen LogP contribution in [-0.4, -0.2) is 53.3 Å². The number of hydrogen-bond donors (Lipinski definition) is 2. The van der Waals surface area contributed by atoms with Crippen LogP contribution in [0.2, 0.25) is 0 Å². The van der Waals surface area contributed by atoms with Gasteiger partial charge in [0.15, 0.2) is 0 Å². The van der Waals surface area contributed by atoms with Gasteiger partial charge in [-0.3, -0.25) is 9.59 Å². The number of amides is 1. The van der Waals surface area contributed by atoms with Crippen LogP contribution in [0.25, 0.3) is 0 Å². The number of aliphatic hydroxyl groups excluding tert-OH is 1. The molecule has 6 nitrogen and oxygen atoms in total. The molecule has 2 N–H and O–H groups in total. The van der Waals surface area contributed by atoms with E-state index in [1.807, 2.05) is 13.8 Å². The summed E-state index contributed by atoms with van der Waals surface area (Å²) in [6.07, 6.45) is 0.353. The van der Waals surface area contributed by atoms with E-state index in [1.54, 1.807) is 24.3 Å². The number of carbonyl (C=O) groups excluding carboxylic acids is 1. The van der Waals surface area contributed by atoms with Crippen molar-refractivity contribution in [1.82, 2.24) is 4.90 Å². The predicted molar refractivity (Wildman–Crippen MR) is 93.7 cm³/mol. The Balaban J connectivity index is 2.24. The molecule has 6 heteroatoms. The number of carbonyl (C=O) groups is 2. The van der Waals surface area contributed by atoms with Gasteiger partial charge >= 0.3 is 5.97 Å². The number of rotatable bonds is 6. The molecule has 0 aromatic heterocycles. The van der Waals surface area contributed by atoms with E-state index in [2.05, 4.69) is 0 Å². The van der Waals surface area contributed by atoms with E-state index in [4.69, 9.17) is 4.74 Å². The molecule has 1 aliphatic heterocycles. The number of benzene rings is 1. The highest BCUT2D eigenvalue weighted by Crippen LogP contribution is 2.37. The average Bonchev–Trinajstić information content (AvgIpc) is 2.60. The number of aliphatic carboxylic acids is 1. The van der Waals surface area contributed by atoms with Crippen molar-refractivity contribution < 1.29 is 24.5 Å². The van der Waals surface area contributed by atoms with E-state index in [9.17, 15) is 19.8 Å². The first kappa shape index (κ1) is 19.2. The van der Waals surface area contributed by atoms with E-state index in [1.165, 1.54) is 12.0 Å². The zero-order valence-electron chi connectivity index (χ0n) is 15.1. The number of aliphatic hydroxyl groups is 1. The molecule has 1 aliphatic rings. The Labute approximate surface area is 148 Å². The molecule has 138 valence electrons. The number of carboxylic acid groups (broad SMARTS) is 1. The number of carboxylic acids is 1. The molecule has 0 bridgehead atoms. The van der Waals surface area contributed by atoms with Crippen molar-refractivity contribution in [3.63, 3.8) is 0 Å². The summed E-state index contributed by atoms with van der Waals surface area (Å²) >= 11 is 0. The minimum atomic E-state index is -1.31. The molecule has 1 fully saturated rings. The minimum absolute atomic E-state index is 0.0201. The molecule has 2 atom stereocenters. The van der Waals surface area contributed by atoms with Crippen LogP contribution in [0.1, 0.15) is 43.5 Å². The number of piperidine rings is 1. The van der Waals surface area contributed by atoms with Crippen LogP contribution in [0.3, 0.4) is 0 Å². The Morgan fingerprint density at radius 2 is 2.12 bits per heavy atom. The van der Waals surface area contributed by atoms with Crippen molar-refractivity contribution in [3.05, 3.63) is 29.8 Å². The lowest BCUT2D eigenvalue weighted by molar-refractivity contribution is -0.163. The monoisotopic (exact) mass is 349 g/mol. The minimum Gasteiger partial charge on any atom is -0.497 e. The van der Waals surface area contributed by atoms with E-state index in [0.29, 0.717) is 36.6 Å². The second-order valence-electron chi connectivity index (χ2n) is 7.16. The van der Waals surface area contributed by atoms with Crippen molar-refractivity contribution in [3.8, 4) is 5.75 Å². The van der Waals surface area contributed by atoms with Gasteiger partial charge in [-0.2, -0.15) is 0 Å². The van der Waals surface area contributed by atoms with E-state index in [0.717, 1.165) is 0 Å². The van der Waals surface area contributed by atoms with E-state index >= 15 is 0 Å². The van der Waals surface area contributed by atoms with Crippen LogP contribution < -0.4 is 4.74 Å². The van der Waals surface area contributed by atoms with Gasteiger partial charge < -0.3 is 19.8 Å². The number of methoxy groups -OCH3 is 1. The van der Waals surface area contributed by atoms with E-state index < -0.39 is 17.5 Å². The third-order valence-corrected chi connectivity index (χ3v) is 4.98. The lowest BCUT2D eigenvalue weighted by Crippen LogP contribution is -2.57. The van der Waals surface area contributed by atoms with Crippen LogP contribution in [0, 0.1) is 11.3 Å². The molecule has 1 heterocycles. The standard InChI is InChI=1S/C19H27NO5/c1-13(2)7-9-19(18(23)24)12-20(10-8-16(19)21)17(22)14-5-4-6-15(11-14)25-3/h4-6,11,13,16,21H,7-10,12H2,1-3H3,(H,23,24)/t16-,19-/m1/s1. The van der Waals surface area contributed by atoms with Gasteiger partial charge in [0.05, 0.1) is 13.2 Å². The van der Waals surface area contributed by atoms with Crippen LogP contribution in [0.4, 0.5) is 0 Å². The average molecular weight is 349 g/mol. The van der Waals surface area contributed by atoms with Crippen LogP contribution in [0.15, 0.2) is 24.3 Å². The summed E-state index contributed by atoms with van der Waals surface area (Å²) < 4.78 is 5.15. The second-order valence-corrected chi connectivity index (χ2v) is 7.16. The molecular formula is C19H27NO5. The molecule has 25 heavy (non-hydrogen) atoms. The largest absolute Gasteiger partial charge is 0.497 e. The Morgan fingerprint density at radius 1 is 1.40 bits per heavy atom. The molecule has 1 aromatic rings. The lowest BCUT2D eigenvalue weighted by Gasteiger charge is -2.43. The summed E-state index contributed by atoms with van der Waals surface area (Å²) in [4.78, 5) is 26.3. The number of ether oxygens (including phenoxy) is 1. The van der Waals surface area contributed by atoms with Gasteiger partial charge in [-0.25, -0.2) is 0 Å². The molecule has 0 aliphatic carbocycles. The molecule has 1 saturated heterocycles. The third kappa shape index (κ3) is 4.12. The van der Waals surface area contributed by atoms with Crippen molar-refractivity contribution in [2.45, 2.75) is 39.2 Å². The Kier molecular flexibility index (Phi) is 6.06. The molecule has 1 amide bonds. The lowest BCUT2D eigenvalue weighted by atomic mass is 9.72. The summed E-state index contributed by atoms with van der Waals surface area (Å²) in [6.45, 7) is 4.40. The van der Waals surface area contributed by atoms with E-state index in [-0.39, 0.29) is 18.9 Å².